The molecule has 0 amide bonds. The van der Waals surface area contributed by atoms with Crippen LogP contribution in [0.15, 0.2) is 24.3 Å². The number of nitrogens with zero attached hydrogens (tertiary/aromatic N) is 1. The van der Waals surface area contributed by atoms with Crippen molar-refractivity contribution in [1.82, 2.24) is 4.57 Å². The third kappa shape index (κ3) is 1.98. The zero-order chi connectivity index (χ0) is 13.6. The van der Waals surface area contributed by atoms with E-state index in [-0.39, 0.29) is 11.9 Å². The van der Waals surface area contributed by atoms with Gasteiger partial charge < -0.3 is 10.3 Å². The van der Waals surface area contributed by atoms with Crippen molar-refractivity contribution in [2.45, 2.75) is 39.2 Å². The molecule has 0 saturated carbocycles. The van der Waals surface area contributed by atoms with Crippen molar-refractivity contribution in [1.29, 1.82) is 0 Å². The molecule has 0 saturated heterocycles. The van der Waals surface area contributed by atoms with E-state index in [4.69, 9.17) is 5.73 Å². The maximum Gasteiger partial charge on any atom is 0.147 e. The number of hydrogen-bond acceptors (Lipinski definition) is 1. The lowest BCUT2D eigenvalue weighted by atomic mass is 9.93. The van der Waals surface area contributed by atoms with E-state index in [1.165, 1.54) is 11.3 Å². The van der Waals surface area contributed by atoms with Gasteiger partial charge in [0.05, 0.1) is 5.69 Å². The van der Waals surface area contributed by atoms with Crippen LogP contribution in [0.25, 0.3) is 5.69 Å². The first-order valence-electron chi connectivity index (χ1n) is 6.81. The molecule has 2 N–H and O–H groups in total. The highest BCUT2D eigenvalue weighted by Crippen LogP contribution is 2.33. The summed E-state index contributed by atoms with van der Waals surface area (Å²) in [4.78, 5) is 0. The van der Waals surface area contributed by atoms with Gasteiger partial charge in [-0.3, -0.25) is 0 Å². The average Bonchev–Trinajstić information content (AvgIpc) is 2.68. The van der Waals surface area contributed by atoms with E-state index in [1.807, 2.05) is 30.5 Å². The van der Waals surface area contributed by atoms with Crippen LogP contribution in [0.1, 0.15) is 41.4 Å². The van der Waals surface area contributed by atoms with Crippen LogP contribution in [0.2, 0.25) is 0 Å². The maximum atomic E-state index is 14.2. The van der Waals surface area contributed by atoms with Crippen molar-refractivity contribution in [3.63, 3.8) is 0 Å². The highest BCUT2D eigenvalue weighted by atomic mass is 19.1. The van der Waals surface area contributed by atoms with E-state index in [2.05, 4.69) is 6.07 Å². The Labute approximate surface area is 113 Å². The van der Waals surface area contributed by atoms with E-state index in [1.54, 1.807) is 6.07 Å². The Kier molecular flexibility index (Phi) is 2.94. The number of halogens is 1. The fourth-order valence-corrected chi connectivity index (χ4v) is 3.07. The van der Waals surface area contributed by atoms with Crippen LogP contribution in [-0.4, -0.2) is 4.57 Å². The number of hydrogen-bond donors (Lipinski definition) is 1. The van der Waals surface area contributed by atoms with Crippen LogP contribution in [0.5, 0.6) is 0 Å². The highest BCUT2D eigenvalue weighted by molar-refractivity contribution is 5.45. The summed E-state index contributed by atoms with van der Waals surface area (Å²) < 4.78 is 16.2. The largest absolute Gasteiger partial charge is 0.324 e. The molecule has 0 spiro atoms. The van der Waals surface area contributed by atoms with Gasteiger partial charge in [-0.2, -0.15) is 0 Å². The van der Waals surface area contributed by atoms with Crippen molar-refractivity contribution in [3.8, 4) is 5.69 Å². The smallest absolute Gasteiger partial charge is 0.147 e. The number of aromatic nitrogens is 1. The van der Waals surface area contributed by atoms with Crippen molar-refractivity contribution in [3.05, 3.63) is 52.6 Å². The maximum absolute atomic E-state index is 14.2. The number of nitrogens with two attached hydrogens (primary N) is 1. The molecule has 1 aromatic carbocycles. The molecule has 19 heavy (non-hydrogen) atoms. The molecular formula is C16H19FN2. The quantitative estimate of drug-likeness (QED) is 0.833. The molecule has 1 aromatic heterocycles. The Morgan fingerprint density at radius 3 is 2.79 bits per heavy atom. The molecule has 1 aliphatic carbocycles. The average molecular weight is 258 g/mol. The monoisotopic (exact) mass is 258 g/mol. The Balaban J connectivity index is 2.20. The highest BCUT2D eigenvalue weighted by Gasteiger charge is 2.23. The second kappa shape index (κ2) is 4.49. The van der Waals surface area contributed by atoms with E-state index < -0.39 is 0 Å². The summed E-state index contributed by atoms with van der Waals surface area (Å²) in [6, 6.07) is 7.60. The molecule has 2 aromatic rings. The summed E-state index contributed by atoms with van der Waals surface area (Å²) in [6.45, 7) is 3.92. The van der Waals surface area contributed by atoms with Crippen molar-refractivity contribution < 1.29 is 4.39 Å². The molecule has 1 atom stereocenters. The molecular weight excluding hydrogens is 239 g/mol. The van der Waals surface area contributed by atoms with Crippen LogP contribution in [0.3, 0.4) is 0 Å². The molecule has 0 aliphatic heterocycles. The van der Waals surface area contributed by atoms with E-state index in [0.717, 1.165) is 30.5 Å². The first-order valence-corrected chi connectivity index (χ1v) is 6.81. The fourth-order valence-electron chi connectivity index (χ4n) is 3.07. The summed E-state index contributed by atoms with van der Waals surface area (Å²) in [5.41, 5.74) is 11.2. The first kappa shape index (κ1) is 12.4. The molecule has 2 nitrogen and oxygen atoms in total. The summed E-state index contributed by atoms with van der Waals surface area (Å²) in [7, 11) is 0. The minimum absolute atomic E-state index is 0.0946. The van der Waals surface area contributed by atoms with Gasteiger partial charge in [0.15, 0.2) is 0 Å². The number of aryl methyl sites for hydroxylation is 2. The Morgan fingerprint density at radius 1 is 1.26 bits per heavy atom. The molecule has 3 rings (SSSR count). The van der Waals surface area contributed by atoms with Crippen LogP contribution < -0.4 is 5.73 Å². The second-order valence-corrected chi connectivity index (χ2v) is 5.48. The fraction of sp³-hybridized carbons (Fsp3) is 0.375. The summed E-state index contributed by atoms with van der Waals surface area (Å²) in [6.07, 6.45) is 3.07. The predicted molar refractivity (Wildman–Crippen MR) is 75.1 cm³/mol. The van der Waals surface area contributed by atoms with Gasteiger partial charge in [-0.1, -0.05) is 6.07 Å². The zero-order valence-electron chi connectivity index (χ0n) is 11.4. The molecule has 100 valence electrons. The molecule has 1 unspecified atom stereocenters. The van der Waals surface area contributed by atoms with Crippen molar-refractivity contribution in [2.24, 2.45) is 5.73 Å². The van der Waals surface area contributed by atoms with Crippen molar-refractivity contribution >= 4 is 0 Å². The van der Waals surface area contributed by atoms with Gasteiger partial charge in [0.2, 0.25) is 0 Å². The molecule has 3 heteroatoms. The lowest BCUT2D eigenvalue weighted by Gasteiger charge is -2.21. The summed E-state index contributed by atoms with van der Waals surface area (Å²) >= 11 is 0. The van der Waals surface area contributed by atoms with Crippen molar-refractivity contribution in [2.75, 3.05) is 0 Å². The third-order valence-electron chi connectivity index (χ3n) is 3.99. The zero-order valence-corrected chi connectivity index (χ0v) is 11.4. The van der Waals surface area contributed by atoms with E-state index >= 15 is 0 Å². The predicted octanol–water partition coefficient (Wildman–Crippen LogP) is 3.57. The standard InChI is InChI=1S/C16H19FN2/c1-10-6-7-16(13(17)8-10)19-11(2)9-12-14(18)4-3-5-15(12)19/h6-9,14H,3-5,18H2,1-2H3. The number of fused-ring (bicyclic) bond motifs is 1. The second-order valence-electron chi connectivity index (χ2n) is 5.48. The topological polar surface area (TPSA) is 30.9 Å². The van der Waals surface area contributed by atoms with Crippen LogP contribution in [0.4, 0.5) is 4.39 Å². The molecule has 0 bridgehead atoms. The number of rotatable bonds is 1. The van der Waals surface area contributed by atoms with Gasteiger partial charge in [-0.15, -0.1) is 0 Å². The van der Waals surface area contributed by atoms with Crippen LogP contribution in [0, 0.1) is 19.7 Å². The normalized spacial score (nSPS) is 18.4. The lowest BCUT2D eigenvalue weighted by molar-refractivity contribution is 0.555. The van der Waals surface area contributed by atoms with Gasteiger partial charge in [0, 0.05) is 17.4 Å². The van der Waals surface area contributed by atoms with E-state index in [9.17, 15) is 4.39 Å². The minimum Gasteiger partial charge on any atom is -0.324 e. The number of benzene rings is 1. The Morgan fingerprint density at radius 2 is 2.05 bits per heavy atom. The molecule has 0 radical (unpaired) electrons. The Hall–Kier alpha value is -1.61. The van der Waals surface area contributed by atoms with Gasteiger partial charge >= 0.3 is 0 Å². The van der Waals surface area contributed by atoms with Crippen LogP contribution >= 0.6 is 0 Å². The van der Waals surface area contributed by atoms with Crippen LogP contribution in [-0.2, 0) is 6.42 Å². The lowest BCUT2D eigenvalue weighted by Crippen LogP contribution is -2.18. The third-order valence-corrected chi connectivity index (χ3v) is 3.99. The van der Waals surface area contributed by atoms with Gasteiger partial charge in [0.1, 0.15) is 5.82 Å². The molecule has 1 heterocycles. The Bertz CT molecular complexity index is 628. The summed E-state index contributed by atoms with van der Waals surface area (Å²) in [5.74, 6) is -0.166. The van der Waals surface area contributed by atoms with Gasteiger partial charge in [-0.05, 0) is 62.4 Å². The first-order chi connectivity index (χ1) is 9.08. The van der Waals surface area contributed by atoms with Gasteiger partial charge in [-0.25, -0.2) is 4.39 Å². The van der Waals surface area contributed by atoms with E-state index in [0.29, 0.717) is 5.69 Å². The SMILES string of the molecule is Cc1ccc(-n2c(C)cc3c2CCCC3N)c(F)c1. The molecule has 0 fully saturated rings. The van der Waals surface area contributed by atoms with Gasteiger partial charge in [0.25, 0.3) is 0 Å². The molecule has 1 aliphatic rings. The minimum atomic E-state index is -0.166. The summed E-state index contributed by atoms with van der Waals surface area (Å²) in [5, 5.41) is 0.